The number of carbonyl (C=O) groups excluding carboxylic acids is 1. The molecule has 0 unspecified atom stereocenters. The van der Waals surface area contributed by atoms with E-state index in [9.17, 15) is 4.79 Å². The van der Waals surface area contributed by atoms with Gasteiger partial charge in [-0.2, -0.15) is 0 Å². The molecule has 0 bridgehead atoms. The Balaban J connectivity index is 1.27. The van der Waals surface area contributed by atoms with Gasteiger partial charge >= 0.3 is 5.97 Å². The van der Waals surface area contributed by atoms with Gasteiger partial charge in [0.1, 0.15) is 17.6 Å². The van der Waals surface area contributed by atoms with Crippen molar-refractivity contribution in [2.24, 2.45) is 0 Å². The smallest absolute Gasteiger partial charge is 0.306 e. The van der Waals surface area contributed by atoms with Crippen molar-refractivity contribution in [3.63, 3.8) is 0 Å². The predicted octanol–water partition coefficient (Wildman–Crippen LogP) is 10.7. The lowest BCUT2D eigenvalue weighted by Crippen LogP contribution is -2.59. The van der Waals surface area contributed by atoms with Crippen molar-refractivity contribution < 1.29 is 23.7 Å². The first-order valence-electron chi connectivity index (χ1n) is 19.2. The summed E-state index contributed by atoms with van der Waals surface area (Å²) in [7, 11) is 0. The maximum Gasteiger partial charge on any atom is 0.306 e. The molecule has 0 aliphatic carbocycles. The molecule has 3 aromatic rings. The van der Waals surface area contributed by atoms with Crippen LogP contribution in [0.5, 0.6) is 0 Å². The van der Waals surface area contributed by atoms with Crippen LogP contribution in [0.25, 0.3) is 0 Å². The van der Waals surface area contributed by atoms with Crippen LogP contribution in [0.2, 0.25) is 0 Å². The molecular formula is C42H60N2O5S. The molecule has 4 rings (SSSR count). The van der Waals surface area contributed by atoms with E-state index in [1.165, 1.54) is 88.8 Å². The molecule has 0 amide bonds. The lowest BCUT2D eigenvalue weighted by atomic mass is 9.99. The first-order chi connectivity index (χ1) is 24.6. The van der Waals surface area contributed by atoms with Crippen molar-refractivity contribution in [1.29, 1.82) is 0 Å². The highest BCUT2D eigenvalue weighted by Crippen LogP contribution is 2.37. The van der Waals surface area contributed by atoms with Gasteiger partial charge in [0.25, 0.3) is 0 Å². The summed E-state index contributed by atoms with van der Waals surface area (Å²) in [4.78, 5) is 22.1. The Morgan fingerprint density at radius 3 is 1.64 bits per heavy atom. The average molecular weight is 705 g/mol. The van der Waals surface area contributed by atoms with Gasteiger partial charge in [-0.1, -0.05) is 169 Å². The van der Waals surface area contributed by atoms with Crippen LogP contribution in [0.3, 0.4) is 0 Å². The van der Waals surface area contributed by atoms with E-state index in [1.54, 1.807) is 18.5 Å². The van der Waals surface area contributed by atoms with Gasteiger partial charge < -0.3 is 18.9 Å². The minimum absolute atomic E-state index is 0.215. The van der Waals surface area contributed by atoms with Crippen molar-refractivity contribution in [2.45, 2.75) is 165 Å². The van der Waals surface area contributed by atoms with Gasteiger partial charge in [0.15, 0.2) is 11.3 Å². The zero-order valence-electron chi connectivity index (χ0n) is 30.5. The maximum absolute atomic E-state index is 13.3. The number of aromatic nitrogens is 2. The molecule has 8 heteroatoms. The normalized spacial score (nSPS) is 20.5. The van der Waals surface area contributed by atoms with E-state index in [1.807, 2.05) is 67.6 Å². The van der Waals surface area contributed by atoms with Gasteiger partial charge in [-0.25, -0.2) is 9.97 Å². The quantitative estimate of drug-likeness (QED) is 0.0490. The van der Waals surface area contributed by atoms with E-state index in [2.05, 4.69) is 16.9 Å². The highest BCUT2D eigenvalue weighted by Gasteiger charge is 2.48. The highest BCUT2D eigenvalue weighted by atomic mass is 32.2. The molecule has 7 nitrogen and oxygen atoms in total. The fraction of sp³-hybridized carbons (Fsp3) is 0.595. The van der Waals surface area contributed by atoms with Gasteiger partial charge in [-0.15, -0.1) is 0 Å². The SMILES string of the molecule is CCCCCCCCCCCCCCCCCC(=O)O[C@H]1[C@@H](OCc2ccccc2)[C@H](OCc2ccccc2)[C@@H](Sc2ncccn2)O[C@H]1C. The molecule has 0 N–H and O–H groups in total. The first-order valence-corrected chi connectivity index (χ1v) is 20.1. The fourth-order valence-corrected chi connectivity index (χ4v) is 7.48. The average Bonchev–Trinajstić information content (AvgIpc) is 3.14. The molecule has 1 aromatic heterocycles. The van der Waals surface area contributed by atoms with Crippen LogP contribution in [0.15, 0.2) is 84.3 Å². The number of thioether (sulfide) groups is 1. The molecule has 274 valence electrons. The monoisotopic (exact) mass is 704 g/mol. The second kappa shape index (κ2) is 24.4. The lowest BCUT2D eigenvalue weighted by molar-refractivity contribution is -0.238. The van der Waals surface area contributed by atoms with Crippen LogP contribution in [0.1, 0.15) is 128 Å². The van der Waals surface area contributed by atoms with Crippen LogP contribution >= 0.6 is 11.8 Å². The van der Waals surface area contributed by atoms with Crippen LogP contribution in [-0.4, -0.2) is 45.8 Å². The van der Waals surface area contributed by atoms with Crippen molar-refractivity contribution in [3.05, 3.63) is 90.3 Å². The molecule has 1 aliphatic rings. The Kier molecular flexibility index (Phi) is 19.5. The van der Waals surface area contributed by atoms with Crippen LogP contribution in [0, 0.1) is 0 Å². The number of unbranched alkanes of at least 4 members (excludes halogenated alkanes) is 14. The first kappa shape index (κ1) is 40.0. The topological polar surface area (TPSA) is 79.8 Å². The Morgan fingerprint density at radius 1 is 0.640 bits per heavy atom. The van der Waals surface area contributed by atoms with Crippen LogP contribution in [0.4, 0.5) is 0 Å². The third-order valence-corrected chi connectivity index (χ3v) is 10.3. The van der Waals surface area contributed by atoms with E-state index in [-0.39, 0.29) is 5.97 Å². The molecule has 0 radical (unpaired) electrons. The maximum atomic E-state index is 13.3. The minimum atomic E-state index is -0.628. The molecule has 0 saturated carbocycles. The summed E-state index contributed by atoms with van der Waals surface area (Å²) < 4.78 is 25.9. The molecule has 5 atom stereocenters. The Labute approximate surface area is 305 Å². The Morgan fingerprint density at radius 2 is 1.12 bits per heavy atom. The summed E-state index contributed by atoms with van der Waals surface area (Å²) in [5, 5.41) is 0.587. The van der Waals surface area contributed by atoms with E-state index in [0.29, 0.717) is 24.8 Å². The van der Waals surface area contributed by atoms with Gasteiger partial charge in [0.05, 0.1) is 19.3 Å². The van der Waals surface area contributed by atoms with Gasteiger partial charge in [0.2, 0.25) is 0 Å². The summed E-state index contributed by atoms with van der Waals surface area (Å²) in [6.07, 6.45) is 21.0. The van der Waals surface area contributed by atoms with E-state index in [4.69, 9.17) is 18.9 Å². The summed E-state index contributed by atoms with van der Waals surface area (Å²) in [5.74, 6) is -0.215. The van der Waals surface area contributed by atoms with Crippen LogP contribution < -0.4 is 0 Å². The number of carbonyl (C=O) groups is 1. The number of hydrogen-bond donors (Lipinski definition) is 0. The highest BCUT2D eigenvalue weighted by molar-refractivity contribution is 7.99. The number of hydrogen-bond acceptors (Lipinski definition) is 8. The zero-order chi connectivity index (χ0) is 35.1. The summed E-state index contributed by atoms with van der Waals surface area (Å²) in [6.45, 7) is 4.94. The largest absolute Gasteiger partial charge is 0.457 e. The van der Waals surface area contributed by atoms with Crippen molar-refractivity contribution in [3.8, 4) is 0 Å². The fourth-order valence-electron chi connectivity index (χ4n) is 6.43. The second-order valence-electron chi connectivity index (χ2n) is 13.5. The van der Waals surface area contributed by atoms with Crippen LogP contribution in [-0.2, 0) is 37.0 Å². The standard InChI is InChI=1S/C42H60N2O5S/c1-3-4-5-6-7-8-9-10-11-12-13-14-15-16-23-29-37(45)49-38-34(2)48-41(50-42-43-30-24-31-44-42)40(47-33-36-27-21-18-22-28-36)39(38)46-32-35-25-19-17-20-26-35/h17-22,24-28,30-31,34,38-41H,3-16,23,29,32-33H2,1-2H3/t34-,38+,39+,40-,41+/m0/s1. The van der Waals surface area contributed by atoms with Gasteiger partial charge in [0, 0.05) is 18.8 Å². The zero-order valence-corrected chi connectivity index (χ0v) is 31.3. The van der Waals surface area contributed by atoms with E-state index in [0.717, 1.165) is 30.4 Å². The van der Waals surface area contributed by atoms with Gasteiger partial charge in [-0.05, 0) is 30.5 Å². The third kappa shape index (κ3) is 15.2. The van der Waals surface area contributed by atoms with Crippen molar-refractivity contribution in [1.82, 2.24) is 9.97 Å². The van der Waals surface area contributed by atoms with E-state index < -0.39 is 29.9 Å². The summed E-state index contributed by atoms with van der Waals surface area (Å²) in [5.41, 5.74) is 1.60. The lowest BCUT2D eigenvalue weighted by Gasteiger charge is -2.44. The predicted molar refractivity (Wildman–Crippen MR) is 202 cm³/mol. The number of nitrogens with zero attached hydrogens (tertiary/aromatic N) is 2. The number of ether oxygens (including phenoxy) is 4. The van der Waals surface area contributed by atoms with Crippen molar-refractivity contribution in [2.75, 3.05) is 0 Å². The molecule has 2 aromatic carbocycles. The Bertz CT molecular complexity index is 1290. The molecule has 2 heterocycles. The molecule has 50 heavy (non-hydrogen) atoms. The Hall–Kier alpha value is -2.78. The third-order valence-electron chi connectivity index (χ3n) is 9.31. The molecule has 1 saturated heterocycles. The summed E-state index contributed by atoms with van der Waals surface area (Å²) in [6, 6.07) is 21.9. The van der Waals surface area contributed by atoms with Crippen molar-refractivity contribution >= 4 is 17.7 Å². The van der Waals surface area contributed by atoms with E-state index >= 15 is 0 Å². The molecular weight excluding hydrogens is 645 g/mol. The molecule has 1 fully saturated rings. The second-order valence-corrected chi connectivity index (χ2v) is 14.6. The number of benzene rings is 2. The molecule has 0 spiro atoms. The van der Waals surface area contributed by atoms with Gasteiger partial charge in [-0.3, -0.25) is 4.79 Å². The number of esters is 1. The minimum Gasteiger partial charge on any atom is -0.457 e. The number of rotatable bonds is 25. The summed E-state index contributed by atoms with van der Waals surface area (Å²) >= 11 is 1.40. The molecule has 1 aliphatic heterocycles.